The number of nitrogens with zero attached hydrogens (tertiary/aromatic N) is 2. The zero-order chi connectivity index (χ0) is 9.26. The van der Waals surface area contributed by atoms with Crippen molar-refractivity contribution in [3.63, 3.8) is 0 Å². The van der Waals surface area contributed by atoms with Crippen molar-refractivity contribution in [1.29, 1.82) is 0 Å². The van der Waals surface area contributed by atoms with Gasteiger partial charge in [-0.05, 0) is 40.5 Å². The molecule has 0 aliphatic heterocycles. The second-order valence-corrected chi connectivity index (χ2v) is 3.78. The lowest BCUT2D eigenvalue weighted by Gasteiger charge is -2.05. The van der Waals surface area contributed by atoms with Gasteiger partial charge in [-0.25, -0.2) is 4.98 Å². The molecule has 0 bridgehead atoms. The Labute approximate surface area is 85.4 Å². The van der Waals surface area contributed by atoms with Crippen LogP contribution in [-0.4, -0.2) is 9.55 Å². The monoisotopic (exact) mass is 236 g/mol. The number of hydrogen-bond acceptors (Lipinski definition) is 1. The molecule has 1 heterocycles. The smallest absolute Gasteiger partial charge is 0.0992 e. The van der Waals surface area contributed by atoms with Crippen LogP contribution in [0.25, 0.3) is 5.69 Å². The molecule has 0 spiro atoms. The third-order valence-electron chi connectivity index (χ3n) is 1.89. The van der Waals surface area contributed by atoms with Crippen LogP contribution >= 0.6 is 15.9 Å². The van der Waals surface area contributed by atoms with Gasteiger partial charge in [-0.15, -0.1) is 0 Å². The minimum atomic E-state index is 1.09. The van der Waals surface area contributed by atoms with E-state index in [1.54, 1.807) is 12.5 Å². The summed E-state index contributed by atoms with van der Waals surface area (Å²) in [7, 11) is 0. The molecule has 2 aromatic rings. The van der Waals surface area contributed by atoms with Crippen LogP contribution in [0.2, 0.25) is 0 Å². The number of aromatic nitrogens is 2. The van der Waals surface area contributed by atoms with E-state index in [2.05, 4.69) is 46.0 Å². The summed E-state index contributed by atoms with van der Waals surface area (Å²) in [5.41, 5.74) is 2.36. The Balaban J connectivity index is 2.53. The number of aryl methyl sites for hydroxylation is 1. The number of imidazole rings is 1. The van der Waals surface area contributed by atoms with E-state index in [0.717, 1.165) is 10.2 Å². The van der Waals surface area contributed by atoms with Crippen molar-refractivity contribution in [3.05, 3.63) is 47.0 Å². The minimum Gasteiger partial charge on any atom is -0.305 e. The molecule has 0 atom stereocenters. The molecule has 0 radical (unpaired) electrons. The summed E-state index contributed by atoms with van der Waals surface area (Å²) >= 11 is 3.52. The molecule has 0 aliphatic carbocycles. The van der Waals surface area contributed by atoms with Crippen LogP contribution in [-0.2, 0) is 0 Å². The van der Waals surface area contributed by atoms with Gasteiger partial charge in [0.25, 0.3) is 0 Å². The predicted octanol–water partition coefficient (Wildman–Crippen LogP) is 2.94. The van der Waals surface area contributed by atoms with E-state index in [0.29, 0.717) is 0 Å². The van der Waals surface area contributed by atoms with Crippen molar-refractivity contribution in [1.82, 2.24) is 9.55 Å². The maximum Gasteiger partial charge on any atom is 0.0992 e. The van der Waals surface area contributed by atoms with Gasteiger partial charge >= 0.3 is 0 Å². The highest BCUT2D eigenvalue weighted by atomic mass is 79.9. The Morgan fingerprint density at radius 1 is 1.38 bits per heavy atom. The van der Waals surface area contributed by atoms with Crippen molar-refractivity contribution in [2.24, 2.45) is 0 Å². The second kappa shape index (κ2) is 3.34. The van der Waals surface area contributed by atoms with Crippen molar-refractivity contribution in [3.8, 4) is 5.69 Å². The zero-order valence-corrected chi connectivity index (χ0v) is 8.82. The predicted molar refractivity (Wildman–Crippen MR) is 56.0 cm³/mol. The molecule has 2 nitrogen and oxygen atoms in total. The van der Waals surface area contributed by atoms with Crippen LogP contribution < -0.4 is 0 Å². The normalized spacial score (nSPS) is 10.3. The van der Waals surface area contributed by atoms with Crippen LogP contribution in [0.1, 0.15) is 5.56 Å². The first kappa shape index (κ1) is 8.51. The van der Waals surface area contributed by atoms with Gasteiger partial charge in [-0.1, -0.05) is 6.07 Å². The third-order valence-corrected chi connectivity index (χ3v) is 2.52. The van der Waals surface area contributed by atoms with E-state index in [4.69, 9.17) is 0 Å². The first-order valence-corrected chi connectivity index (χ1v) is 4.81. The van der Waals surface area contributed by atoms with Gasteiger partial charge < -0.3 is 4.57 Å². The summed E-state index contributed by atoms with van der Waals surface area (Å²) in [4.78, 5) is 4.00. The van der Waals surface area contributed by atoms with E-state index in [1.165, 1.54) is 5.56 Å². The van der Waals surface area contributed by atoms with Crippen LogP contribution in [0.5, 0.6) is 0 Å². The van der Waals surface area contributed by atoms with E-state index in [9.17, 15) is 0 Å². The zero-order valence-electron chi connectivity index (χ0n) is 7.24. The Bertz CT molecular complexity index is 407. The lowest BCUT2D eigenvalue weighted by Crippen LogP contribution is -1.91. The standard InChI is InChI=1S/C10H9BrN2/c1-8-2-3-10(9(11)6-8)13-5-4-12-7-13/h2-7H,1H3. The lowest BCUT2D eigenvalue weighted by atomic mass is 10.2. The number of hydrogen-bond donors (Lipinski definition) is 0. The van der Waals surface area contributed by atoms with Crippen molar-refractivity contribution in [2.75, 3.05) is 0 Å². The largest absolute Gasteiger partial charge is 0.305 e. The molecule has 66 valence electrons. The quantitative estimate of drug-likeness (QED) is 0.745. The fraction of sp³-hybridized carbons (Fsp3) is 0.100. The number of halogens is 1. The summed E-state index contributed by atoms with van der Waals surface area (Å²) in [5.74, 6) is 0. The molecule has 3 heteroatoms. The highest BCUT2D eigenvalue weighted by molar-refractivity contribution is 9.10. The van der Waals surface area contributed by atoms with E-state index >= 15 is 0 Å². The summed E-state index contributed by atoms with van der Waals surface area (Å²) < 4.78 is 3.06. The Hall–Kier alpha value is -1.09. The molecule has 0 amide bonds. The van der Waals surface area contributed by atoms with Gasteiger partial charge in [0.1, 0.15) is 0 Å². The molecule has 0 unspecified atom stereocenters. The molecule has 0 aliphatic rings. The topological polar surface area (TPSA) is 17.8 Å². The molecule has 13 heavy (non-hydrogen) atoms. The van der Waals surface area contributed by atoms with Gasteiger partial charge in [0.2, 0.25) is 0 Å². The summed E-state index contributed by atoms with van der Waals surface area (Å²) in [6.45, 7) is 2.07. The minimum absolute atomic E-state index is 1.09. The summed E-state index contributed by atoms with van der Waals surface area (Å²) in [5, 5.41) is 0. The first-order chi connectivity index (χ1) is 6.27. The van der Waals surface area contributed by atoms with Crippen LogP contribution in [0.15, 0.2) is 41.4 Å². The Kier molecular flexibility index (Phi) is 2.19. The Morgan fingerprint density at radius 3 is 2.85 bits per heavy atom. The average Bonchev–Trinajstić information content (AvgIpc) is 2.56. The SMILES string of the molecule is Cc1ccc(-n2ccnc2)c(Br)c1. The van der Waals surface area contributed by atoms with E-state index in [1.807, 2.05) is 10.8 Å². The summed E-state index contributed by atoms with van der Waals surface area (Å²) in [6, 6.07) is 6.25. The fourth-order valence-corrected chi connectivity index (χ4v) is 1.92. The molecular formula is C10H9BrN2. The van der Waals surface area contributed by atoms with Gasteiger partial charge in [0.15, 0.2) is 0 Å². The molecule has 2 rings (SSSR count). The molecule has 1 aromatic heterocycles. The van der Waals surface area contributed by atoms with Crippen LogP contribution in [0, 0.1) is 6.92 Å². The maximum absolute atomic E-state index is 4.00. The van der Waals surface area contributed by atoms with Crippen molar-refractivity contribution >= 4 is 15.9 Å². The molecule has 1 aromatic carbocycles. The maximum atomic E-state index is 4.00. The van der Waals surface area contributed by atoms with Gasteiger partial charge in [-0.3, -0.25) is 0 Å². The molecule has 0 fully saturated rings. The molecule has 0 saturated heterocycles. The Morgan fingerprint density at radius 2 is 2.23 bits per heavy atom. The van der Waals surface area contributed by atoms with Gasteiger partial charge in [0.05, 0.1) is 12.0 Å². The fourth-order valence-electron chi connectivity index (χ4n) is 1.22. The van der Waals surface area contributed by atoms with Crippen LogP contribution in [0.4, 0.5) is 0 Å². The van der Waals surface area contributed by atoms with Crippen LogP contribution in [0.3, 0.4) is 0 Å². The van der Waals surface area contributed by atoms with Gasteiger partial charge in [-0.2, -0.15) is 0 Å². The molecule has 0 saturated carbocycles. The molecule has 0 N–H and O–H groups in total. The average molecular weight is 237 g/mol. The number of rotatable bonds is 1. The third kappa shape index (κ3) is 1.65. The highest BCUT2D eigenvalue weighted by Gasteiger charge is 2.00. The lowest BCUT2D eigenvalue weighted by molar-refractivity contribution is 1.05. The van der Waals surface area contributed by atoms with E-state index < -0.39 is 0 Å². The van der Waals surface area contributed by atoms with E-state index in [-0.39, 0.29) is 0 Å². The van der Waals surface area contributed by atoms with Crippen molar-refractivity contribution < 1.29 is 0 Å². The highest BCUT2D eigenvalue weighted by Crippen LogP contribution is 2.21. The number of benzene rings is 1. The van der Waals surface area contributed by atoms with Gasteiger partial charge in [0, 0.05) is 16.9 Å². The second-order valence-electron chi connectivity index (χ2n) is 2.92. The first-order valence-electron chi connectivity index (χ1n) is 4.02. The van der Waals surface area contributed by atoms with Crippen molar-refractivity contribution in [2.45, 2.75) is 6.92 Å². The summed E-state index contributed by atoms with van der Waals surface area (Å²) in [6.07, 6.45) is 5.48. The molecular weight excluding hydrogens is 228 g/mol.